The number of benzene rings is 2. The van der Waals surface area contributed by atoms with Gasteiger partial charge < -0.3 is 4.74 Å². The Bertz CT molecular complexity index is 905. The van der Waals surface area contributed by atoms with Crippen molar-refractivity contribution in [2.75, 3.05) is 0 Å². The number of nitrogens with zero attached hydrogens (tertiary/aromatic N) is 2. The van der Waals surface area contributed by atoms with Gasteiger partial charge in [0.2, 0.25) is 0 Å². The van der Waals surface area contributed by atoms with Crippen molar-refractivity contribution < 1.29 is 9.53 Å². The lowest BCUT2D eigenvalue weighted by Gasteiger charge is -2.07. The minimum Gasteiger partial charge on any atom is -0.429 e. The summed E-state index contributed by atoms with van der Waals surface area (Å²) in [6, 6.07) is 14.7. The second-order valence-corrected chi connectivity index (χ2v) is 5.78. The van der Waals surface area contributed by atoms with E-state index in [1.807, 2.05) is 24.3 Å². The topological polar surface area (TPSA) is 53.2 Å². The molecule has 1 aromatic heterocycles. The van der Waals surface area contributed by atoms with E-state index in [0.717, 1.165) is 5.69 Å². The summed E-state index contributed by atoms with van der Waals surface area (Å²) >= 11 is 0. The molecule has 0 atom stereocenters. The number of imidazole rings is 1. The van der Waals surface area contributed by atoms with E-state index < -0.39 is 0 Å². The van der Waals surface area contributed by atoms with Crippen molar-refractivity contribution in [2.24, 2.45) is 0 Å². The highest BCUT2D eigenvalue weighted by Gasteiger charge is 2.08. The van der Waals surface area contributed by atoms with Crippen molar-refractivity contribution in [3.05, 3.63) is 77.0 Å². The zero-order chi connectivity index (χ0) is 17.1. The number of hydrogen-bond donors (Lipinski definition) is 0. The summed E-state index contributed by atoms with van der Waals surface area (Å²) in [4.78, 5) is 23.1. The molecular weight excluding hydrogens is 304 g/mol. The third-order valence-corrected chi connectivity index (χ3v) is 3.89. The molecule has 0 aliphatic carbocycles. The standard InChI is InChI=1S/C19H18N2O3/c1-14(2)15-6-8-16(9-7-15)20-10-11-21(19(20)23)17-4-3-5-18(12-17)24-13-22/h3-14H,1-2H3. The van der Waals surface area contributed by atoms with Crippen LogP contribution in [0.3, 0.4) is 0 Å². The third-order valence-electron chi connectivity index (χ3n) is 3.89. The van der Waals surface area contributed by atoms with Gasteiger partial charge in [-0.3, -0.25) is 13.9 Å². The van der Waals surface area contributed by atoms with Gasteiger partial charge in [-0.05, 0) is 35.7 Å². The predicted octanol–water partition coefficient (Wildman–Crippen LogP) is 3.29. The number of ether oxygens (including phenoxy) is 1. The van der Waals surface area contributed by atoms with E-state index in [1.165, 1.54) is 10.1 Å². The Morgan fingerprint density at radius 2 is 1.62 bits per heavy atom. The molecule has 0 aliphatic rings. The minimum atomic E-state index is -0.185. The summed E-state index contributed by atoms with van der Waals surface area (Å²) in [5.41, 5.74) is 2.49. The average Bonchev–Trinajstić information content (AvgIpc) is 2.97. The Hall–Kier alpha value is -3.08. The lowest BCUT2D eigenvalue weighted by molar-refractivity contribution is -0.120. The molecule has 0 aliphatic heterocycles. The molecule has 24 heavy (non-hydrogen) atoms. The SMILES string of the molecule is CC(C)c1ccc(-n2ccn(-c3cccc(OC=O)c3)c2=O)cc1. The minimum absolute atomic E-state index is 0.185. The molecule has 0 fully saturated rings. The highest BCUT2D eigenvalue weighted by molar-refractivity contribution is 5.48. The van der Waals surface area contributed by atoms with Crippen molar-refractivity contribution in [2.45, 2.75) is 19.8 Å². The molecule has 3 aromatic rings. The van der Waals surface area contributed by atoms with Gasteiger partial charge in [-0.1, -0.05) is 32.0 Å². The number of carbonyl (C=O) groups is 1. The fourth-order valence-corrected chi connectivity index (χ4v) is 2.55. The van der Waals surface area contributed by atoms with Crippen LogP contribution in [0.2, 0.25) is 0 Å². The Morgan fingerprint density at radius 1 is 0.958 bits per heavy atom. The molecule has 3 rings (SSSR count). The monoisotopic (exact) mass is 322 g/mol. The summed E-state index contributed by atoms with van der Waals surface area (Å²) < 4.78 is 7.92. The lowest BCUT2D eigenvalue weighted by Crippen LogP contribution is -2.21. The maximum absolute atomic E-state index is 12.7. The molecule has 0 spiro atoms. The van der Waals surface area contributed by atoms with Crippen LogP contribution in [0.1, 0.15) is 25.3 Å². The molecule has 0 N–H and O–H groups in total. The van der Waals surface area contributed by atoms with Crippen LogP contribution in [0.5, 0.6) is 5.75 Å². The molecule has 0 amide bonds. The van der Waals surface area contributed by atoms with Crippen molar-refractivity contribution >= 4 is 6.47 Å². The quantitative estimate of drug-likeness (QED) is 0.677. The van der Waals surface area contributed by atoms with Gasteiger partial charge in [0, 0.05) is 18.5 Å². The van der Waals surface area contributed by atoms with Crippen LogP contribution in [-0.4, -0.2) is 15.6 Å². The van der Waals surface area contributed by atoms with Crippen LogP contribution in [-0.2, 0) is 4.79 Å². The molecular formula is C19H18N2O3. The zero-order valence-electron chi connectivity index (χ0n) is 13.5. The van der Waals surface area contributed by atoms with E-state index in [-0.39, 0.29) is 5.69 Å². The summed E-state index contributed by atoms with van der Waals surface area (Å²) in [7, 11) is 0. The highest BCUT2D eigenvalue weighted by atomic mass is 16.5. The van der Waals surface area contributed by atoms with Crippen LogP contribution in [0, 0.1) is 0 Å². The largest absolute Gasteiger partial charge is 0.429 e. The van der Waals surface area contributed by atoms with Gasteiger partial charge in [0.25, 0.3) is 6.47 Å². The Kier molecular flexibility index (Phi) is 4.33. The van der Waals surface area contributed by atoms with Gasteiger partial charge in [-0.2, -0.15) is 0 Å². The molecule has 0 bridgehead atoms. The van der Waals surface area contributed by atoms with Gasteiger partial charge in [0.15, 0.2) is 0 Å². The smallest absolute Gasteiger partial charge is 0.337 e. The number of hydrogen-bond acceptors (Lipinski definition) is 3. The molecule has 0 unspecified atom stereocenters. The molecule has 5 heteroatoms. The fraction of sp³-hybridized carbons (Fsp3) is 0.158. The van der Waals surface area contributed by atoms with E-state index >= 15 is 0 Å². The van der Waals surface area contributed by atoms with Gasteiger partial charge in [0.1, 0.15) is 5.75 Å². The first-order valence-electron chi connectivity index (χ1n) is 7.71. The van der Waals surface area contributed by atoms with Gasteiger partial charge >= 0.3 is 5.69 Å². The number of carbonyl (C=O) groups excluding carboxylic acids is 1. The highest BCUT2D eigenvalue weighted by Crippen LogP contribution is 2.18. The Balaban J connectivity index is 1.98. The number of aromatic nitrogens is 2. The third kappa shape index (κ3) is 3.01. The van der Waals surface area contributed by atoms with E-state index in [0.29, 0.717) is 23.8 Å². The molecule has 0 saturated carbocycles. The average molecular weight is 322 g/mol. The van der Waals surface area contributed by atoms with E-state index in [1.54, 1.807) is 41.2 Å². The van der Waals surface area contributed by atoms with Crippen LogP contribution < -0.4 is 10.4 Å². The summed E-state index contributed by atoms with van der Waals surface area (Å²) in [6.07, 6.45) is 3.42. The Labute approximate surface area is 139 Å². The van der Waals surface area contributed by atoms with Crippen molar-refractivity contribution in [3.63, 3.8) is 0 Å². The molecule has 122 valence electrons. The second kappa shape index (κ2) is 6.58. The van der Waals surface area contributed by atoms with Crippen molar-refractivity contribution in [1.29, 1.82) is 0 Å². The predicted molar refractivity (Wildman–Crippen MR) is 92.1 cm³/mol. The summed E-state index contributed by atoms with van der Waals surface area (Å²) in [5.74, 6) is 0.837. The van der Waals surface area contributed by atoms with Crippen LogP contribution in [0.25, 0.3) is 11.4 Å². The van der Waals surface area contributed by atoms with E-state index in [4.69, 9.17) is 4.74 Å². The van der Waals surface area contributed by atoms with Crippen LogP contribution in [0.15, 0.2) is 65.7 Å². The summed E-state index contributed by atoms with van der Waals surface area (Å²) in [6.45, 7) is 4.63. The first kappa shape index (κ1) is 15.8. The maximum Gasteiger partial charge on any atom is 0.337 e. The van der Waals surface area contributed by atoms with Gasteiger partial charge in [-0.15, -0.1) is 0 Å². The first-order valence-corrected chi connectivity index (χ1v) is 7.71. The van der Waals surface area contributed by atoms with Crippen LogP contribution >= 0.6 is 0 Å². The summed E-state index contributed by atoms with van der Waals surface area (Å²) in [5, 5.41) is 0. The maximum atomic E-state index is 12.7. The lowest BCUT2D eigenvalue weighted by atomic mass is 10.0. The van der Waals surface area contributed by atoms with Crippen molar-refractivity contribution in [1.82, 2.24) is 9.13 Å². The van der Waals surface area contributed by atoms with Crippen LogP contribution in [0.4, 0.5) is 0 Å². The van der Waals surface area contributed by atoms with Crippen molar-refractivity contribution in [3.8, 4) is 17.1 Å². The molecule has 1 heterocycles. The fourth-order valence-electron chi connectivity index (χ4n) is 2.55. The number of rotatable bonds is 5. The van der Waals surface area contributed by atoms with Gasteiger partial charge in [-0.25, -0.2) is 4.79 Å². The zero-order valence-corrected chi connectivity index (χ0v) is 13.5. The molecule has 0 saturated heterocycles. The second-order valence-electron chi connectivity index (χ2n) is 5.78. The molecule has 0 radical (unpaired) electrons. The Morgan fingerprint density at radius 3 is 2.25 bits per heavy atom. The van der Waals surface area contributed by atoms with Gasteiger partial charge in [0.05, 0.1) is 11.4 Å². The normalized spacial score (nSPS) is 10.8. The molecule has 2 aromatic carbocycles. The molecule has 5 nitrogen and oxygen atoms in total. The van der Waals surface area contributed by atoms with E-state index in [2.05, 4.69) is 13.8 Å². The van der Waals surface area contributed by atoms with E-state index in [9.17, 15) is 9.59 Å². The first-order chi connectivity index (χ1) is 11.6.